The van der Waals surface area contributed by atoms with Crippen LogP contribution in [0.25, 0.3) is 0 Å². The maximum Gasteiger partial charge on any atom is 0.0432 e. The fourth-order valence-electron chi connectivity index (χ4n) is 1.26. The summed E-state index contributed by atoms with van der Waals surface area (Å²) < 4.78 is 0. The van der Waals surface area contributed by atoms with E-state index >= 15 is 0 Å². The second-order valence-electron chi connectivity index (χ2n) is 2.92. The van der Waals surface area contributed by atoms with Crippen LogP contribution in [0, 0.1) is 0 Å². The quantitative estimate of drug-likeness (QED) is 0.700. The summed E-state index contributed by atoms with van der Waals surface area (Å²) >= 11 is 11.2. The van der Waals surface area contributed by atoms with Gasteiger partial charge in [-0.2, -0.15) is 0 Å². The van der Waals surface area contributed by atoms with E-state index in [4.69, 9.17) is 23.2 Å². The van der Waals surface area contributed by atoms with Gasteiger partial charge in [-0.1, -0.05) is 35.4 Å². The summed E-state index contributed by atoms with van der Waals surface area (Å²) in [5.74, 6) is 0. The van der Waals surface area contributed by atoms with Gasteiger partial charge in [0.05, 0.1) is 0 Å². The zero-order valence-electron chi connectivity index (χ0n) is 6.89. The highest BCUT2D eigenvalue weighted by atomic mass is 35.5. The molecule has 0 aromatic heterocycles. The summed E-state index contributed by atoms with van der Waals surface area (Å²) in [4.78, 5) is 0. The van der Waals surface area contributed by atoms with E-state index in [2.05, 4.69) is 17.5 Å². The van der Waals surface area contributed by atoms with Crippen molar-refractivity contribution in [3.8, 4) is 0 Å². The minimum absolute atomic E-state index is 0.570. The van der Waals surface area contributed by atoms with Crippen LogP contribution in [0.1, 0.15) is 19.3 Å². The van der Waals surface area contributed by atoms with Crippen LogP contribution < -0.4 is 5.32 Å². The van der Waals surface area contributed by atoms with Crippen molar-refractivity contribution in [1.29, 1.82) is 0 Å². The molecular weight excluding hydrogens is 193 g/mol. The maximum atomic E-state index is 5.73. The molecule has 0 radical (unpaired) electrons. The monoisotopic (exact) mass is 205 g/mol. The van der Waals surface area contributed by atoms with Crippen molar-refractivity contribution >= 4 is 23.2 Å². The predicted molar refractivity (Wildman–Crippen MR) is 54.6 cm³/mol. The number of allylic oxidation sites excluding steroid dienone is 1. The van der Waals surface area contributed by atoms with E-state index in [1.54, 1.807) is 0 Å². The van der Waals surface area contributed by atoms with E-state index in [1.807, 2.05) is 0 Å². The van der Waals surface area contributed by atoms with E-state index in [9.17, 15) is 0 Å². The molecule has 0 aromatic carbocycles. The Morgan fingerprint density at radius 2 is 2.42 bits per heavy atom. The van der Waals surface area contributed by atoms with Gasteiger partial charge in [-0.25, -0.2) is 0 Å². The zero-order chi connectivity index (χ0) is 8.81. The molecule has 3 heteroatoms. The highest BCUT2D eigenvalue weighted by molar-refractivity contribution is 6.36. The molecule has 0 heterocycles. The van der Waals surface area contributed by atoms with E-state index in [1.165, 1.54) is 18.4 Å². The largest absolute Gasteiger partial charge is 0.309 e. The van der Waals surface area contributed by atoms with Crippen LogP contribution in [0.4, 0.5) is 0 Å². The number of hydrogen-bond donors (Lipinski definition) is 1. The van der Waals surface area contributed by atoms with Gasteiger partial charge in [0.15, 0.2) is 0 Å². The molecule has 1 nitrogen and oxygen atoms in total. The highest BCUT2D eigenvalue weighted by Gasteiger charge is 2.08. The SMILES string of the molecule is Cl/C=C(/Cl)CNC1CC=CCC1. The predicted octanol–water partition coefficient (Wildman–Crippen LogP) is 3.00. The molecule has 0 spiro atoms. The van der Waals surface area contributed by atoms with Crippen LogP contribution >= 0.6 is 23.2 Å². The van der Waals surface area contributed by atoms with Crippen molar-refractivity contribution in [2.75, 3.05) is 6.54 Å². The van der Waals surface area contributed by atoms with Gasteiger partial charge in [0.25, 0.3) is 0 Å². The van der Waals surface area contributed by atoms with Gasteiger partial charge in [-0.15, -0.1) is 0 Å². The standard InChI is InChI=1S/C9H13Cl2N/c10-6-8(11)7-12-9-4-2-1-3-5-9/h1-2,6,9,12H,3-5,7H2/b8-6+. The van der Waals surface area contributed by atoms with Crippen LogP contribution in [0.5, 0.6) is 0 Å². The van der Waals surface area contributed by atoms with E-state index in [0.29, 0.717) is 17.6 Å². The summed E-state index contributed by atoms with van der Waals surface area (Å²) in [7, 11) is 0. The molecule has 0 saturated carbocycles. The van der Waals surface area contributed by atoms with Gasteiger partial charge >= 0.3 is 0 Å². The fourth-order valence-corrected chi connectivity index (χ4v) is 1.41. The second kappa shape index (κ2) is 5.63. The first kappa shape index (κ1) is 10.1. The van der Waals surface area contributed by atoms with Crippen LogP contribution in [0.15, 0.2) is 22.7 Å². The normalized spacial score (nSPS) is 24.5. The van der Waals surface area contributed by atoms with Crippen molar-refractivity contribution in [2.45, 2.75) is 25.3 Å². The minimum atomic E-state index is 0.570. The Balaban J connectivity index is 2.18. The zero-order valence-corrected chi connectivity index (χ0v) is 8.41. The van der Waals surface area contributed by atoms with Gasteiger partial charge in [0, 0.05) is 23.2 Å². The summed E-state index contributed by atoms with van der Waals surface area (Å²) in [5, 5.41) is 4.01. The van der Waals surface area contributed by atoms with E-state index in [0.717, 1.165) is 6.42 Å². The molecule has 68 valence electrons. The third kappa shape index (κ3) is 3.61. The Morgan fingerprint density at radius 3 is 3.00 bits per heavy atom. The summed E-state index contributed by atoms with van der Waals surface area (Å²) in [6, 6.07) is 0.570. The number of rotatable bonds is 3. The molecule has 0 amide bonds. The van der Waals surface area contributed by atoms with E-state index < -0.39 is 0 Å². The smallest absolute Gasteiger partial charge is 0.0432 e. The van der Waals surface area contributed by atoms with Gasteiger partial charge in [-0.05, 0) is 19.3 Å². The lowest BCUT2D eigenvalue weighted by atomic mass is 10.0. The van der Waals surface area contributed by atoms with Crippen LogP contribution in [0.3, 0.4) is 0 Å². The lowest BCUT2D eigenvalue weighted by Gasteiger charge is -2.18. The third-order valence-electron chi connectivity index (χ3n) is 1.95. The Morgan fingerprint density at radius 1 is 1.58 bits per heavy atom. The number of halogens is 2. The van der Waals surface area contributed by atoms with Gasteiger partial charge in [-0.3, -0.25) is 0 Å². The summed E-state index contributed by atoms with van der Waals surface area (Å²) in [6.07, 6.45) is 7.89. The Hall–Kier alpha value is 0.0200. The molecule has 0 fully saturated rings. The van der Waals surface area contributed by atoms with Crippen molar-refractivity contribution in [1.82, 2.24) is 5.32 Å². The first-order valence-electron chi connectivity index (χ1n) is 4.16. The second-order valence-corrected chi connectivity index (χ2v) is 3.62. The molecule has 1 unspecified atom stereocenters. The average molecular weight is 206 g/mol. The molecule has 1 aliphatic rings. The molecule has 1 aliphatic carbocycles. The van der Waals surface area contributed by atoms with Crippen molar-refractivity contribution in [2.24, 2.45) is 0 Å². The summed E-state index contributed by atoms with van der Waals surface area (Å²) in [5.41, 5.74) is 1.41. The van der Waals surface area contributed by atoms with Crippen LogP contribution in [-0.2, 0) is 0 Å². The number of hydrogen-bond acceptors (Lipinski definition) is 1. The molecule has 0 saturated heterocycles. The van der Waals surface area contributed by atoms with Crippen LogP contribution in [-0.4, -0.2) is 12.6 Å². The van der Waals surface area contributed by atoms with Crippen molar-refractivity contribution < 1.29 is 0 Å². The first-order chi connectivity index (χ1) is 5.83. The van der Waals surface area contributed by atoms with E-state index in [-0.39, 0.29) is 0 Å². The van der Waals surface area contributed by atoms with Gasteiger partial charge < -0.3 is 5.32 Å². The molecule has 1 atom stereocenters. The lowest BCUT2D eigenvalue weighted by Crippen LogP contribution is -2.30. The molecule has 0 aliphatic heterocycles. The lowest BCUT2D eigenvalue weighted by molar-refractivity contribution is 0.497. The average Bonchev–Trinajstić information content (AvgIpc) is 2.16. The molecule has 1 N–H and O–H groups in total. The van der Waals surface area contributed by atoms with Crippen molar-refractivity contribution in [3.63, 3.8) is 0 Å². The molecule has 12 heavy (non-hydrogen) atoms. The third-order valence-corrected chi connectivity index (χ3v) is 2.56. The van der Waals surface area contributed by atoms with Gasteiger partial charge in [0.1, 0.15) is 0 Å². The summed E-state index contributed by atoms with van der Waals surface area (Å²) in [6.45, 7) is 0.684. The Bertz CT molecular complexity index is 187. The molecule has 0 aromatic rings. The first-order valence-corrected chi connectivity index (χ1v) is 4.97. The molecular formula is C9H13Cl2N. The molecule has 0 bridgehead atoms. The minimum Gasteiger partial charge on any atom is -0.309 e. The maximum absolute atomic E-state index is 5.73. The fraction of sp³-hybridized carbons (Fsp3) is 0.556. The molecule has 1 rings (SSSR count). The van der Waals surface area contributed by atoms with Crippen LogP contribution in [0.2, 0.25) is 0 Å². The highest BCUT2D eigenvalue weighted by Crippen LogP contribution is 2.11. The Kier molecular flexibility index (Phi) is 4.74. The topological polar surface area (TPSA) is 12.0 Å². The van der Waals surface area contributed by atoms with Gasteiger partial charge in [0.2, 0.25) is 0 Å². The number of nitrogens with one attached hydrogen (secondary N) is 1. The Labute approximate surface area is 83.4 Å². The van der Waals surface area contributed by atoms with Crippen molar-refractivity contribution in [3.05, 3.63) is 22.7 Å².